The quantitative estimate of drug-likeness (QED) is 0.490. The van der Waals surface area contributed by atoms with Crippen molar-refractivity contribution in [3.8, 4) is 0 Å². The highest BCUT2D eigenvalue weighted by atomic mass is 32.2. The van der Waals surface area contributed by atoms with Gasteiger partial charge in [-0.05, 0) is 23.6 Å². The van der Waals surface area contributed by atoms with E-state index in [4.69, 9.17) is 5.84 Å². The number of amides is 1. The molecule has 0 aliphatic carbocycles. The third kappa shape index (κ3) is 4.34. The Kier molecular flexibility index (Phi) is 5.84. The van der Waals surface area contributed by atoms with E-state index in [1.807, 2.05) is 42.5 Å². The molecule has 0 radical (unpaired) electrons. The van der Waals surface area contributed by atoms with Crippen molar-refractivity contribution in [1.82, 2.24) is 5.43 Å². The van der Waals surface area contributed by atoms with Crippen molar-refractivity contribution in [2.75, 3.05) is 5.75 Å². The molecule has 110 valence electrons. The van der Waals surface area contributed by atoms with Gasteiger partial charge in [0, 0.05) is 11.5 Å². The fourth-order valence-corrected chi connectivity index (χ4v) is 3.41. The smallest absolute Gasteiger partial charge is 0.242 e. The second kappa shape index (κ2) is 7.86. The zero-order chi connectivity index (χ0) is 15.1. The first-order valence-electron chi connectivity index (χ1n) is 6.90. The van der Waals surface area contributed by atoms with Crippen LogP contribution in [0.4, 0.5) is 0 Å². The monoisotopic (exact) mass is 300 g/mol. The van der Waals surface area contributed by atoms with Crippen LogP contribution in [0.3, 0.4) is 0 Å². The van der Waals surface area contributed by atoms with Crippen LogP contribution in [0.1, 0.15) is 22.6 Å². The van der Waals surface area contributed by atoms with Crippen LogP contribution in [0.2, 0.25) is 0 Å². The number of nitrogens with two attached hydrogens (primary N) is 1. The molecule has 0 spiro atoms. The molecule has 0 fully saturated rings. The highest BCUT2D eigenvalue weighted by molar-refractivity contribution is 7.98. The summed E-state index contributed by atoms with van der Waals surface area (Å²) >= 11 is 1.75. The predicted molar refractivity (Wildman–Crippen MR) is 88.9 cm³/mol. The van der Waals surface area contributed by atoms with Gasteiger partial charge in [0.2, 0.25) is 5.91 Å². The van der Waals surface area contributed by atoms with Crippen molar-refractivity contribution < 1.29 is 4.79 Å². The SMILES string of the molecule is Cc1ccccc1CSCC(C(=O)NN)c1ccccc1. The molecule has 3 N–H and O–H groups in total. The van der Waals surface area contributed by atoms with Crippen LogP contribution in [-0.4, -0.2) is 11.7 Å². The molecule has 2 rings (SSSR count). The molecular weight excluding hydrogens is 280 g/mol. The highest BCUT2D eigenvalue weighted by Crippen LogP contribution is 2.24. The zero-order valence-corrected chi connectivity index (χ0v) is 12.9. The molecule has 21 heavy (non-hydrogen) atoms. The molecule has 1 unspecified atom stereocenters. The van der Waals surface area contributed by atoms with Gasteiger partial charge in [0.25, 0.3) is 0 Å². The van der Waals surface area contributed by atoms with E-state index in [0.717, 1.165) is 11.3 Å². The van der Waals surface area contributed by atoms with Crippen LogP contribution in [-0.2, 0) is 10.5 Å². The third-order valence-corrected chi connectivity index (χ3v) is 4.55. The summed E-state index contributed by atoms with van der Waals surface area (Å²) in [5, 5.41) is 0. The molecule has 4 heteroatoms. The highest BCUT2D eigenvalue weighted by Gasteiger charge is 2.19. The summed E-state index contributed by atoms with van der Waals surface area (Å²) in [5.41, 5.74) is 5.86. The number of hydrogen-bond donors (Lipinski definition) is 2. The van der Waals surface area contributed by atoms with E-state index in [1.54, 1.807) is 11.8 Å². The first kappa shape index (κ1) is 15.6. The molecule has 0 aliphatic heterocycles. The number of benzene rings is 2. The molecule has 2 aromatic rings. The average molecular weight is 300 g/mol. The molecule has 3 nitrogen and oxygen atoms in total. The van der Waals surface area contributed by atoms with E-state index < -0.39 is 0 Å². The van der Waals surface area contributed by atoms with E-state index in [2.05, 4.69) is 24.5 Å². The Morgan fingerprint density at radius 3 is 2.48 bits per heavy atom. The van der Waals surface area contributed by atoms with Gasteiger partial charge in [0.05, 0.1) is 5.92 Å². The number of hydrazine groups is 1. The lowest BCUT2D eigenvalue weighted by Gasteiger charge is -2.15. The van der Waals surface area contributed by atoms with E-state index >= 15 is 0 Å². The number of carbonyl (C=O) groups is 1. The molecule has 0 heterocycles. The Morgan fingerprint density at radius 2 is 1.81 bits per heavy atom. The Hall–Kier alpha value is -1.78. The average Bonchev–Trinajstić information content (AvgIpc) is 2.53. The lowest BCUT2D eigenvalue weighted by atomic mass is 10.0. The van der Waals surface area contributed by atoms with Gasteiger partial charge in [0.15, 0.2) is 0 Å². The maximum atomic E-state index is 12.0. The number of carbonyl (C=O) groups excluding carboxylic acids is 1. The predicted octanol–water partition coefficient (Wildman–Crippen LogP) is 3.00. The van der Waals surface area contributed by atoms with Crippen LogP contribution in [0.25, 0.3) is 0 Å². The summed E-state index contributed by atoms with van der Waals surface area (Å²) in [6, 6.07) is 18.1. The lowest BCUT2D eigenvalue weighted by molar-refractivity contribution is -0.122. The summed E-state index contributed by atoms with van der Waals surface area (Å²) in [5.74, 6) is 6.56. The Balaban J connectivity index is 2.00. The summed E-state index contributed by atoms with van der Waals surface area (Å²) in [4.78, 5) is 12.0. The maximum Gasteiger partial charge on any atom is 0.242 e. The molecule has 0 aliphatic rings. The lowest BCUT2D eigenvalue weighted by Crippen LogP contribution is -2.35. The number of hydrogen-bond acceptors (Lipinski definition) is 3. The van der Waals surface area contributed by atoms with Crippen molar-refractivity contribution in [2.24, 2.45) is 5.84 Å². The number of rotatable bonds is 6. The second-order valence-corrected chi connectivity index (χ2v) is 5.94. The van der Waals surface area contributed by atoms with Gasteiger partial charge in [-0.2, -0.15) is 11.8 Å². The van der Waals surface area contributed by atoms with Crippen LogP contribution >= 0.6 is 11.8 Å². The van der Waals surface area contributed by atoms with Crippen molar-refractivity contribution in [3.05, 3.63) is 71.3 Å². The van der Waals surface area contributed by atoms with Crippen LogP contribution in [0.5, 0.6) is 0 Å². The standard InChI is InChI=1S/C17H20N2OS/c1-13-7-5-6-10-15(13)11-21-12-16(17(20)19-18)14-8-3-2-4-9-14/h2-10,16H,11-12,18H2,1H3,(H,19,20). The van der Waals surface area contributed by atoms with Gasteiger partial charge in [-0.1, -0.05) is 54.6 Å². The van der Waals surface area contributed by atoms with Crippen LogP contribution in [0, 0.1) is 6.92 Å². The summed E-state index contributed by atoms with van der Waals surface area (Å²) < 4.78 is 0. The van der Waals surface area contributed by atoms with Crippen molar-refractivity contribution in [3.63, 3.8) is 0 Å². The molecule has 2 aromatic carbocycles. The fraction of sp³-hybridized carbons (Fsp3) is 0.235. The third-order valence-electron chi connectivity index (χ3n) is 3.46. The number of nitrogens with one attached hydrogen (secondary N) is 1. The molecule has 0 bridgehead atoms. The second-order valence-electron chi connectivity index (χ2n) is 4.91. The normalized spacial score (nSPS) is 11.9. The van der Waals surface area contributed by atoms with Gasteiger partial charge in [-0.25, -0.2) is 5.84 Å². The molecule has 0 saturated heterocycles. The molecular formula is C17H20N2OS. The summed E-state index contributed by atoms with van der Waals surface area (Å²) in [6.45, 7) is 2.11. The number of thioether (sulfide) groups is 1. The van der Waals surface area contributed by atoms with E-state index in [0.29, 0.717) is 5.75 Å². The summed E-state index contributed by atoms with van der Waals surface area (Å²) in [7, 11) is 0. The Bertz CT molecular complexity index is 586. The fourth-order valence-electron chi connectivity index (χ4n) is 2.17. The molecule has 0 saturated carbocycles. The minimum Gasteiger partial charge on any atom is -0.294 e. The van der Waals surface area contributed by atoms with Crippen LogP contribution in [0.15, 0.2) is 54.6 Å². The molecule has 0 aromatic heterocycles. The summed E-state index contributed by atoms with van der Waals surface area (Å²) in [6.07, 6.45) is 0. The van der Waals surface area contributed by atoms with Gasteiger partial charge >= 0.3 is 0 Å². The van der Waals surface area contributed by atoms with Crippen molar-refractivity contribution >= 4 is 17.7 Å². The molecule has 1 atom stereocenters. The van der Waals surface area contributed by atoms with Gasteiger partial charge in [-0.15, -0.1) is 0 Å². The van der Waals surface area contributed by atoms with Gasteiger partial charge in [-0.3, -0.25) is 10.2 Å². The minimum atomic E-state index is -0.217. The zero-order valence-electron chi connectivity index (χ0n) is 12.1. The van der Waals surface area contributed by atoms with Crippen molar-refractivity contribution in [1.29, 1.82) is 0 Å². The van der Waals surface area contributed by atoms with Gasteiger partial charge < -0.3 is 0 Å². The van der Waals surface area contributed by atoms with E-state index in [-0.39, 0.29) is 11.8 Å². The van der Waals surface area contributed by atoms with E-state index in [9.17, 15) is 4.79 Å². The minimum absolute atomic E-state index is 0.140. The first-order valence-corrected chi connectivity index (χ1v) is 8.05. The Labute approximate surface area is 129 Å². The van der Waals surface area contributed by atoms with E-state index in [1.165, 1.54) is 11.1 Å². The van der Waals surface area contributed by atoms with Gasteiger partial charge in [0.1, 0.15) is 0 Å². The van der Waals surface area contributed by atoms with Crippen molar-refractivity contribution in [2.45, 2.75) is 18.6 Å². The van der Waals surface area contributed by atoms with Crippen LogP contribution < -0.4 is 11.3 Å². The first-order chi connectivity index (χ1) is 10.2. The molecule has 1 amide bonds. The largest absolute Gasteiger partial charge is 0.294 e. The Morgan fingerprint density at radius 1 is 1.14 bits per heavy atom. The topological polar surface area (TPSA) is 55.1 Å². The number of aryl methyl sites for hydroxylation is 1. The maximum absolute atomic E-state index is 12.0.